The molecule has 29 heavy (non-hydrogen) atoms. The Labute approximate surface area is 173 Å². The number of amides is 1. The van der Waals surface area contributed by atoms with Crippen molar-refractivity contribution in [2.24, 2.45) is 0 Å². The largest absolute Gasteiger partial charge is 0.486 e. The fraction of sp³-hybridized carbons (Fsp3) is 0.286. The summed E-state index contributed by atoms with van der Waals surface area (Å²) in [6, 6.07) is 15.5. The zero-order valence-corrected chi connectivity index (χ0v) is 16.9. The van der Waals surface area contributed by atoms with E-state index in [2.05, 4.69) is 15.5 Å². The van der Waals surface area contributed by atoms with Gasteiger partial charge in [-0.2, -0.15) is 5.10 Å². The molecule has 0 saturated heterocycles. The molecular formula is C21H22N4O3S. The Balaban J connectivity index is 1.33. The summed E-state index contributed by atoms with van der Waals surface area (Å²) < 4.78 is 13.9. The zero-order chi connectivity index (χ0) is 20.2. The first-order valence-electron chi connectivity index (χ1n) is 9.47. The van der Waals surface area contributed by atoms with Gasteiger partial charge in [-0.15, -0.1) is 0 Å². The highest BCUT2D eigenvalue weighted by Crippen LogP contribution is 2.30. The highest BCUT2D eigenvalue weighted by Gasteiger charge is 2.21. The maximum absolute atomic E-state index is 12.4. The Morgan fingerprint density at radius 2 is 2.10 bits per heavy atom. The van der Waals surface area contributed by atoms with Crippen molar-refractivity contribution in [3.8, 4) is 22.9 Å². The predicted molar refractivity (Wildman–Crippen MR) is 112 cm³/mol. The number of para-hydroxylation sites is 2. The Kier molecular flexibility index (Phi) is 5.62. The van der Waals surface area contributed by atoms with Gasteiger partial charge in [-0.25, -0.2) is 0 Å². The molecule has 7 nitrogen and oxygen atoms in total. The average Bonchev–Trinajstić information content (AvgIpc) is 3.11. The van der Waals surface area contributed by atoms with Crippen molar-refractivity contribution in [2.45, 2.75) is 26.0 Å². The van der Waals surface area contributed by atoms with Crippen LogP contribution in [0.2, 0.25) is 0 Å². The third kappa shape index (κ3) is 4.48. The van der Waals surface area contributed by atoms with E-state index < -0.39 is 0 Å². The van der Waals surface area contributed by atoms with Gasteiger partial charge in [0.1, 0.15) is 12.7 Å². The molecule has 3 aromatic rings. The van der Waals surface area contributed by atoms with Gasteiger partial charge in [-0.3, -0.25) is 14.5 Å². The monoisotopic (exact) mass is 410 g/mol. The lowest BCUT2D eigenvalue weighted by molar-refractivity contribution is -0.121. The molecule has 4 rings (SSSR count). The van der Waals surface area contributed by atoms with Crippen molar-refractivity contribution < 1.29 is 14.3 Å². The first-order valence-corrected chi connectivity index (χ1v) is 9.88. The number of nitrogens with zero attached hydrogens (tertiary/aromatic N) is 2. The van der Waals surface area contributed by atoms with Crippen LogP contribution in [0.4, 0.5) is 0 Å². The molecule has 0 aliphatic carbocycles. The summed E-state index contributed by atoms with van der Waals surface area (Å²) in [5.74, 6) is 2.08. The molecule has 1 aliphatic rings. The molecule has 0 spiro atoms. The van der Waals surface area contributed by atoms with Crippen LogP contribution >= 0.6 is 12.2 Å². The minimum atomic E-state index is -0.215. The van der Waals surface area contributed by atoms with Crippen LogP contribution < -0.4 is 14.8 Å². The summed E-state index contributed by atoms with van der Waals surface area (Å²) in [5.41, 5.74) is 2.10. The summed E-state index contributed by atoms with van der Waals surface area (Å²) in [4.78, 5) is 12.4. The number of hydrogen-bond acceptors (Lipinski definition) is 5. The van der Waals surface area contributed by atoms with Gasteiger partial charge in [-0.1, -0.05) is 35.9 Å². The van der Waals surface area contributed by atoms with E-state index in [1.807, 2.05) is 60.0 Å². The van der Waals surface area contributed by atoms with Crippen LogP contribution in [0.25, 0.3) is 11.4 Å². The molecule has 0 saturated carbocycles. The number of aromatic amines is 1. The van der Waals surface area contributed by atoms with E-state index in [0.29, 0.717) is 30.2 Å². The van der Waals surface area contributed by atoms with Crippen molar-refractivity contribution in [3.05, 3.63) is 58.9 Å². The van der Waals surface area contributed by atoms with Crippen molar-refractivity contribution in [2.75, 3.05) is 13.2 Å². The fourth-order valence-corrected chi connectivity index (χ4v) is 3.45. The maximum atomic E-state index is 12.4. The van der Waals surface area contributed by atoms with Gasteiger partial charge < -0.3 is 14.8 Å². The van der Waals surface area contributed by atoms with Gasteiger partial charge in [-0.05, 0) is 37.3 Å². The lowest BCUT2D eigenvalue weighted by Gasteiger charge is -2.26. The van der Waals surface area contributed by atoms with E-state index in [-0.39, 0.29) is 18.4 Å². The Hall–Kier alpha value is -3.13. The van der Waals surface area contributed by atoms with E-state index in [9.17, 15) is 4.79 Å². The number of benzene rings is 2. The fourth-order valence-electron chi connectivity index (χ4n) is 3.22. The van der Waals surface area contributed by atoms with Gasteiger partial charge in [0.15, 0.2) is 22.1 Å². The number of aromatic nitrogens is 3. The Bertz CT molecular complexity index is 1080. The van der Waals surface area contributed by atoms with Crippen LogP contribution in [0.5, 0.6) is 11.5 Å². The summed E-state index contributed by atoms with van der Waals surface area (Å²) in [5, 5.41) is 10.1. The van der Waals surface area contributed by atoms with Crippen LogP contribution in [-0.4, -0.2) is 39.9 Å². The molecule has 2 N–H and O–H groups in total. The van der Waals surface area contributed by atoms with Gasteiger partial charge >= 0.3 is 0 Å². The topological polar surface area (TPSA) is 81.2 Å². The zero-order valence-electron chi connectivity index (χ0n) is 16.1. The minimum Gasteiger partial charge on any atom is -0.486 e. The van der Waals surface area contributed by atoms with Crippen molar-refractivity contribution in [1.82, 2.24) is 20.1 Å². The van der Waals surface area contributed by atoms with Crippen LogP contribution in [-0.2, 0) is 11.3 Å². The first kappa shape index (κ1) is 19.2. The molecule has 8 heteroatoms. The molecule has 1 atom stereocenters. The first-order chi connectivity index (χ1) is 14.1. The van der Waals surface area contributed by atoms with E-state index in [1.54, 1.807) is 0 Å². The summed E-state index contributed by atoms with van der Waals surface area (Å²) in [6.07, 6.45) is 0.0735. The molecule has 1 amide bonds. The van der Waals surface area contributed by atoms with Crippen molar-refractivity contribution in [3.63, 3.8) is 0 Å². The van der Waals surface area contributed by atoms with E-state index >= 15 is 0 Å². The number of hydrogen-bond donors (Lipinski definition) is 2. The number of aryl methyl sites for hydroxylation is 1. The molecule has 1 aromatic heterocycles. The van der Waals surface area contributed by atoms with Gasteiger partial charge in [0.05, 0.1) is 6.54 Å². The molecule has 2 aromatic carbocycles. The second kappa shape index (κ2) is 8.48. The number of fused-ring (bicyclic) bond motifs is 1. The SMILES string of the molecule is Cc1cccc(-c2n[nH]c(=S)n2CCC(=O)NC[C@@H]2COc3ccccc3O2)c1. The smallest absolute Gasteiger partial charge is 0.221 e. The summed E-state index contributed by atoms with van der Waals surface area (Å²) >= 11 is 5.34. The van der Waals surface area contributed by atoms with Gasteiger partial charge in [0.25, 0.3) is 0 Å². The third-order valence-electron chi connectivity index (χ3n) is 4.69. The summed E-state index contributed by atoms with van der Waals surface area (Å²) in [6.45, 7) is 3.25. The maximum Gasteiger partial charge on any atom is 0.221 e. The van der Waals surface area contributed by atoms with Crippen LogP contribution in [0, 0.1) is 11.7 Å². The number of carbonyl (C=O) groups is 1. The average molecular weight is 410 g/mol. The summed E-state index contributed by atoms with van der Waals surface area (Å²) in [7, 11) is 0. The molecular weight excluding hydrogens is 388 g/mol. The second-order valence-electron chi connectivity index (χ2n) is 6.93. The van der Waals surface area contributed by atoms with E-state index in [1.165, 1.54) is 0 Å². The number of nitrogens with one attached hydrogen (secondary N) is 2. The molecule has 1 aliphatic heterocycles. The second-order valence-corrected chi connectivity index (χ2v) is 7.31. The minimum absolute atomic E-state index is 0.0780. The molecule has 0 fully saturated rings. The van der Waals surface area contributed by atoms with Crippen molar-refractivity contribution in [1.29, 1.82) is 0 Å². The van der Waals surface area contributed by atoms with Crippen LogP contribution in [0.3, 0.4) is 0 Å². The third-order valence-corrected chi connectivity index (χ3v) is 5.00. The number of carbonyl (C=O) groups excluding carboxylic acids is 1. The van der Waals surface area contributed by atoms with E-state index in [0.717, 1.165) is 22.7 Å². The lowest BCUT2D eigenvalue weighted by atomic mass is 10.1. The standard InChI is InChI=1S/C21H22N4O3S/c1-14-5-4-6-15(11-14)20-23-24-21(29)25(20)10-9-19(26)22-12-16-13-27-17-7-2-3-8-18(17)28-16/h2-8,11,16H,9-10,12-13H2,1H3,(H,22,26)(H,24,29)/t16-/m1/s1. The van der Waals surface area contributed by atoms with Crippen molar-refractivity contribution >= 4 is 18.1 Å². The molecule has 0 bridgehead atoms. The highest BCUT2D eigenvalue weighted by atomic mass is 32.1. The number of ether oxygens (including phenoxy) is 2. The predicted octanol–water partition coefficient (Wildman–Crippen LogP) is 3.26. The lowest BCUT2D eigenvalue weighted by Crippen LogP contribution is -2.40. The molecule has 150 valence electrons. The van der Waals surface area contributed by atoms with Crippen LogP contribution in [0.15, 0.2) is 48.5 Å². The number of rotatable bonds is 6. The van der Waals surface area contributed by atoms with E-state index in [4.69, 9.17) is 21.7 Å². The quantitative estimate of drug-likeness (QED) is 0.610. The molecule has 0 unspecified atom stereocenters. The Morgan fingerprint density at radius 3 is 2.93 bits per heavy atom. The van der Waals surface area contributed by atoms with Gasteiger partial charge in [0, 0.05) is 18.5 Å². The number of H-pyrrole nitrogens is 1. The molecule has 2 heterocycles. The van der Waals surface area contributed by atoms with Crippen LogP contribution in [0.1, 0.15) is 12.0 Å². The normalized spacial score (nSPS) is 15.1. The highest BCUT2D eigenvalue weighted by molar-refractivity contribution is 7.71. The van der Waals surface area contributed by atoms with Gasteiger partial charge in [0.2, 0.25) is 5.91 Å². The Morgan fingerprint density at radius 1 is 1.28 bits per heavy atom. The molecule has 0 radical (unpaired) electrons.